The highest BCUT2D eigenvalue weighted by atomic mass is 35.5. The summed E-state index contributed by atoms with van der Waals surface area (Å²) < 4.78 is 51.4. The molecule has 170 valence electrons. The normalized spacial score (nSPS) is 11.4. The number of hydrogen-bond acceptors (Lipinski definition) is 6. The Labute approximate surface area is 190 Å². The zero-order valence-electron chi connectivity index (χ0n) is 16.8. The molecule has 0 aliphatic carbocycles. The van der Waals surface area contributed by atoms with Crippen LogP contribution in [0, 0.1) is 5.82 Å². The first-order valence-electron chi connectivity index (χ1n) is 9.64. The van der Waals surface area contributed by atoms with Crippen LogP contribution in [-0.2, 0) is 6.18 Å². The molecule has 0 unspecified atom stereocenters. The zero-order chi connectivity index (χ0) is 23.4. The van der Waals surface area contributed by atoms with Gasteiger partial charge in [-0.15, -0.1) is 0 Å². The van der Waals surface area contributed by atoms with Crippen LogP contribution in [0.3, 0.4) is 0 Å². The summed E-state index contributed by atoms with van der Waals surface area (Å²) in [7, 11) is 0. The number of anilines is 2. The maximum absolute atomic E-state index is 13.5. The first kappa shape index (κ1) is 22.5. The number of imidazole rings is 1. The minimum absolute atomic E-state index is 0.183. The van der Waals surface area contributed by atoms with Crippen molar-refractivity contribution < 1.29 is 17.6 Å². The molecule has 0 aliphatic heterocycles. The molecule has 0 saturated carbocycles. The Morgan fingerprint density at radius 1 is 0.939 bits per heavy atom. The number of H-pyrrole nitrogens is 1. The molecular formula is C21H16ClF4N7. The highest BCUT2D eigenvalue weighted by Gasteiger charge is 2.30. The predicted octanol–water partition coefficient (Wildman–Crippen LogP) is 5.26. The molecule has 0 bridgehead atoms. The van der Waals surface area contributed by atoms with Gasteiger partial charge in [0.05, 0.1) is 21.8 Å². The second-order valence-corrected chi connectivity index (χ2v) is 7.21. The van der Waals surface area contributed by atoms with Gasteiger partial charge in [-0.3, -0.25) is 0 Å². The van der Waals surface area contributed by atoms with Gasteiger partial charge in [0.15, 0.2) is 0 Å². The van der Waals surface area contributed by atoms with Gasteiger partial charge in [-0.1, -0.05) is 11.6 Å². The van der Waals surface area contributed by atoms with Crippen LogP contribution in [0.25, 0.3) is 22.6 Å². The molecule has 4 aromatic rings. The number of nitrogens with zero attached hydrogens (tertiary/aromatic N) is 4. The van der Waals surface area contributed by atoms with Gasteiger partial charge in [-0.25, -0.2) is 24.3 Å². The zero-order valence-corrected chi connectivity index (χ0v) is 17.5. The SMILES string of the molecule is Fc1ccc(-c2nc(NCCNc3ccc(C(F)(F)F)cn3)ncc2-c2ncc[nH]2)c(Cl)c1. The third-order valence-corrected chi connectivity index (χ3v) is 4.85. The number of aromatic amines is 1. The van der Waals surface area contributed by atoms with Crippen molar-refractivity contribution >= 4 is 23.4 Å². The minimum Gasteiger partial charge on any atom is -0.368 e. The molecule has 0 spiro atoms. The molecular weight excluding hydrogens is 462 g/mol. The third kappa shape index (κ3) is 5.37. The van der Waals surface area contributed by atoms with Crippen molar-refractivity contribution in [1.29, 1.82) is 0 Å². The lowest BCUT2D eigenvalue weighted by Gasteiger charge is -2.12. The van der Waals surface area contributed by atoms with Crippen molar-refractivity contribution in [3.8, 4) is 22.6 Å². The molecule has 4 rings (SSSR count). The van der Waals surface area contributed by atoms with Crippen molar-refractivity contribution in [2.24, 2.45) is 0 Å². The van der Waals surface area contributed by atoms with E-state index in [1.54, 1.807) is 18.6 Å². The molecule has 0 amide bonds. The first-order valence-corrected chi connectivity index (χ1v) is 10.0. The Kier molecular flexibility index (Phi) is 6.40. The van der Waals surface area contributed by atoms with E-state index in [0.29, 0.717) is 41.6 Å². The number of alkyl halides is 3. The second kappa shape index (κ2) is 9.41. The summed E-state index contributed by atoms with van der Waals surface area (Å²) >= 11 is 6.24. The maximum atomic E-state index is 13.5. The van der Waals surface area contributed by atoms with Crippen LogP contribution in [0.5, 0.6) is 0 Å². The summed E-state index contributed by atoms with van der Waals surface area (Å²) in [5.74, 6) is 0.631. The van der Waals surface area contributed by atoms with E-state index in [1.807, 2.05) is 0 Å². The van der Waals surface area contributed by atoms with E-state index in [-0.39, 0.29) is 11.0 Å². The standard InChI is InChI=1S/C21H16ClF4N7/c22-16-9-13(23)2-3-14(16)18-15(19-28-6-7-29-19)11-32-20(33-18)30-8-5-27-17-4-1-12(10-31-17)21(24,25)26/h1-4,6-7,9-11H,5,8H2,(H,27,31)(H,28,29)(H,30,32,33). The van der Waals surface area contributed by atoms with Gasteiger partial charge >= 0.3 is 6.18 Å². The van der Waals surface area contributed by atoms with Crippen molar-refractivity contribution in [3.63, 3.8) is 0 Å². The van der Waals surface area contributed by atoms with Gasteiger partial charge in [0, 0.05) is 43.4 Å². The molecule has 0 aliphatic rings. The number of halogens is 5. The lowest BCUT2D eigenvalue weighted by molar-refractivity contribution is -0.137. The fourth-order valence-corrected chi connectivity index (χ4v) is 3.23. The van der Waals surface area contributed by atoms with E-state index in [2.05, 4.69) is 35.6 Å². The number of aromatic nitrogens is 5. The fraction of sp³-hybridized carbons (Fsp3) is 0.143. The summed E-state index contributed by atoms with van der Waals surface area (Å²) in [6.45, 7) is 0.688. The monoisotopic (exact) mass is 477 g/mol. The Bertz CT molecular complexity index is 1230. The summed E-state index contributed by atoms with van der Waals surface area (Å²) in [6, 6.07) is 6.21. The van der Waals surface area contributed by atoms with Crippen LogP contribution in [0.15, 0.2) is 55.1 Å². The Balaban J connectivity index is 1.47. The van der Waals surface area contributed by atoms with Gasteiger partial charge in [0.25, 0.3) is 0 Å². The van der Waals surface area contributed by atoms with Crippen LogP contribution in [0.4, 0.5) is 29.3 Å². The highest BCUT2D eigenvalue weighted by Crippen LogP contribution is 2.34. The molecule has 33 heavy (non-hydrogen) atoms. The van der Waals surface area contributed by atoms with Crippen molar-refractivity contribution in [3.05, 3.63) is 71.5 Å². The predicted molar refractivity (Wildman–Crippen MR) is 116 cm³/mol. The average molecular weight is 478 g/mol. The van der Waals surface area contributed by atoms with Crippen molar-refractivity contribution in [2.45, 2.75) is 6.18 Å². The van der Waals surface area contributed by atoms with Crippen LogP contribution < -0.4 is 10.6 Å². The Morgan fingerprint density at radius 3 is 2.42 bits per heavy atom. The maximum Gasteiger partial charge on any atom is 0.417 e. The van der Waals surface area contributed by atoms with E-state index >= 15 is 0 Å². The number of benzene rings is 1. The lowest BCUT2D eigenvalue weighted by atomic mass is 10.1. The van der Waals surface area contributed by atoms with Crippen LogP contribution in [0.2, 0.25) is 5.02 Å². The molecule has 1 aromatic carbocycles. The lowest BCUT2D eigenvalue weighted by Crippen LogP contribution is -2.16. The largest absolute Gasteiger partial charge is 0.417 e. The molecule has 12 heteroatoms. The molecule has 3 aromatic heterocycles. The summed E-state index contributed by atoms with van der Waals surface area (Å²) in [4.78, 5) is 19.8. The van der Waals surface area contributed by atoms with Gasteiger partial charge in [0.1, 0.15) is 17.5 Å². The van der Waals surface area contributed by atoms with Crippen LogP contribution in [-0.4, -0.2) is 38.0 Å². The molecule has 0 saturated heterocycles. The van der Waals surface area contributed by atoms with Crippen molar-refractivity contribution in [1.82, 2.24) is 24.9 Å². The molecule has 3 heterocycles. The number of hydrogen-bond donors (Lipinski definition) is 3. The molecule has 0 radical (unpaired) electrons. The average Bonchev–Trinajstić information content (AvgIpc) is 3.31. The van der Waals surface area contributed by atoms with Gasteiger partial charge in [0.2, 0.25) is 5.95 Å². The topological polar surface area (TPSA) is 91.4 Å². The van der Waals surface area contributed by atoms with Gasteiger partial charge in [-0.2, -0.15) is 13.2 Å². The highest BCUT2D eigenvalue weighted by molar-refractivity contribution is 6.33. The van der Waals surface area contributed by atoms with E-state index in [1.165, 1.54) is 24.3 Å². The molecule has 3 N–H and O–H groups in total. The van der Waals surface area contributed by atoms with E-state index < -0.39 is 17.6 Å². The summed E-state index contributed by atoms with van der Waals surface area (Å²) in [5.41, 5.74) is 0.709. The van der Waals surface area contributed by atoms with Crippen LogP contribution in [0.1, 0.15) is 5.56 Å². The van der Waals surface area contributed by atoms with E-state index in [4.69, 9.17) is 11.6 Å². The first-order chi connectivity index (χ1) is 15.8. The second-order valence-electron chi connectivity index (χ2n) is 6.80. The van der Waals surface area contributed by atoms with Gasteiger partial charge in [-0.05, 0) is 30.3 Å². The summed E-state index contributed by atoms with van der Waals surface area (Å²) in [5, 5.41) is 6.12. The Hall–Kier alpha value is -3.73. The number of nitrogens with one attached hydrogen (secondary N) is 3. The number of rotatable bonds is 7. The van der Waals surface area contributed by atoms with Crippen LogP contribution >= 0.6 is 11.6 Å². The van der Waals surface area contributed by atoms with E-state index in [0.717, 1.165) is 12.3 Å². The number of pyridine rings is 1. The quantitative estimate of drug-likeness (QED) is 0.248. The summed E-state index contributed by atoms with van der Waals surface area (Å²) in [6.07, 6.45) is 1.13. The third-order valence-electron chi connectivity index (χ3n) is 4.53. The van der Waals surface area contributed by atoms with Gasteiger partial charge < -0.3 is 15.6 Å². The molecule has 7 nitrogen and oxygen atoms in total. The fourth-order valence-electron chi connectivity index (χ4n) is 2.97. The Morgan fingerprint density at radius 2 is 1.76 bits per heavy atom. The smallest absolute Gasteiger partial charge is 0.368 e. The minimum atomic E-state index is -4.43. The molecule has 0 atom stereocenters. The molecule has 0 fully saturated rings. The van der Waals surface area contributed by atoms with E-state index in [9.17, 15) is 17.6 Å². The van der Waals surface area contributed by atoms with Crippen molar-refractivity contribution in [2.75, 3.05) is 23.7 Å².